The van der Waals surface area contributed by atoms with Gasteiger partial charge in [0, 0.05) is 12.6 Å². The van der Waals surface area contributed by atoms with Gasteiger partial charge in [0.05, 0.1) is 15.9 Å². The van der Waals surface area contributed by atoms with Crippen molar-refractivity contribution in [2.75, 3.05) is 0 Å². The Morgan fingerprint density at radius 3 is 2.57 bits per heavy atom. The van der Waals surface area contributed by atoms with Crippen molar-refractivity contribution < 1.29 is 4.74 Å². The lowest BCUT2D eigenvalue weighted by atomic mass is 10.1. The highest BCUT2D eigenvalue weighted by molar-refractivity contribution is 9.10. The molecule has 2 N–H and O–H groups in total. The van der Waals surface area contributed by atoms with E-state index in [0.29, 0.717) is 6.61 Å². The van der Waals surface area contributed by atoms with E-state index in [-0.39, 0.29) is 6.04 Å². The second kappa shape index (κ2) is 7.09. The fraction of sp³-hybridized carbons (Fsp3) is 0.438. The monoisotopic (exact) mass is 351 g/mol. The molecule has 0 saturated carbocycles. The third-order valence-corrected chi connectivity index (χ3v) is 4.34. The van der Waals surface area contributed by atoms with Crippen molar-refractivity contribution in [3.63, 3.8) is 0 Å². The van der Waals surface area contributed by atoms with Gasteiger partial charge in [-0.1, -0.05) is 12.1 Å². The highest BCUT2D eigenvalue weighted by Gasteiger charge is 2.12. The Balaban J connectivity index is 2.03. The Labute approximate surface area is 134 Å². The number of aromatic nitrogens is 2. The SMILES string of the molecule is CCn1nc(C)c(Br)c1COc1ccc(CC(C)N)cc1. The van der Waals surface area contributed by atoms with Crippen molar-refractivity contribution in [1.29, 1.82) is 0 Å². The molecule has 0 amide bonds. The molecule has 1 aromatic heterocycles. The summed E-state index contributed by atoms with van der Waals surface area (Å²) in [4.78, 5) is 0. The molecule has 0 aliphatic heterocycles. The van der Waals surface area contributed by atoms with E-state index in [1.165, 1.54) is 5.56 Å². The molecule has 0 aliphatic carbocycles. The highest BCUT2D eigenvalue weighted by atomic mass is 79.9. The molecule has 114 valence electrons. The fourth-order valence-corrected chi connectivity index (χ4v) is 2.65. The van der Waals surface area contributed by atoms with Gasteiger partial charge in [0.1, 0.15) is 12.4 Å². The molecule has 5 heteroatoms. The van der Waals surface area contributed by atoms with E-state index < -0.39 is 0 Å². The second-order valence-corrected chi connectivity index (χ2v) is 6.07. The maximum atomic E-state index is 5.87. The van der Waals surface area contributed by atoms with Crippen molar-refractivity contribution in [1.82, 2.24) is 9.78 Å². The molecule has 0 fully saturated rings. The van der Waals surface area contributed by atoms with E-state index in [0.717, 1.165) is 34.6 Å². The first kappa shape index (κ1) is 16.0. The molecule has 1 heterocycles. The van der Waals surface area contributed by atoms with Crippen LogP contribution in [0.5, 0.6) is 5.75 Å². The van der Waals surface area contributed by atoms with Gasteiger partial charge in [-0.3, -0.25) is 4.68 Å². The molecular weight excluding hydrogens is 330 g/mol. The average molecular weight is 352 g/mol. The standard InChI is InChI=1S/C16H22BrN3O/c1-4-20-15(16(17)12(3)19-20)10-21-14-7-5-13(6-8-14)9-11(2)18/h5-8,11H,4,9-10,18H2,1-3H3. The lowest BCUT2D eigenvalue weighted by molar-refractivity contribution is 0.291. The molecule has 1 aromatic carbocycles. The molecule has 0 bridgehead atoms. The van der Waals surface area contributed by atoms with Crippen LogP contribution < -0.4 is 10.5 Å². The lowest BCUT2D eigenvalue weighted by Crippen LogP contribution is -2.17. The first-order chi connectivity index (χ1) is 10.0. The molecule has 1 unspecified atom stereocenters. The van der Waals surface area contributed by atoms with Crippen LogP contribution in [0.15, 0.2) is 28.7 Å². The average Bonchev–Trinajstić information content (AvgIpc) is 2.73. The van der Waals surface area contributed by atoms with E-state index in [9.17, 15) is 0 Å². The second-order valence-electron chi connectivity index (χ2n) is 5.28. The summed E-state index contributed by atoms with van der Waals surface area (Å²) in [5.74, 6) is 0.858. The summed E-state index contributed by atoms with van der Waals surface area (Å²) in [5.41, 5.74) is 9.08. The van der Waals surface area contributed by atoms with Gasteiger partial charge in [-0.2, -0.15) is 5.10 Å². The third kappa shape index (κ3) is 4.08. The molecule has 0 radical (unpaired) electrons. The van der Waals surface area contributed by atoms with Gasteiger partial charge in [0.2, 0.25) is 0 Å². The maximum absolute atomic E-state index is 5.87. The number of nitrogens with two attached hydrogens (primary N) is 1. The van der Waals surface area contributed by atoms with E-state index >= 15 is 0 Å². The van der Waals surface area contributed by atoms with Crippen molar-refractivity contribution in [3.05, 3.63) is 45.7 Å². The van der Waals surface area contributed by atoms with Crippen molar-refractivity contribution in [2.24, 2.45) is 5.73 Å². The summed E-state index contributed by atoms with van der Waals surface area (Å²) in [6, 6.07) is 8.29. The smallest absolute Gasteiger partial charge is 0.131 e. The van der Waals surface area contributed by atoms with Crippen LogP contribution in [0.25, 0.3) is 0 Å². The summed E-state index contributed by atoms with van der Waals surface area (Å²) in [5, 5.41) is 4.46. The normalized spacial score (nSPS) is 12.4. The van der Waals surface area contributed by atoms with Gasteiger partial charge in [-0.25, -0.2) is 0 Å². The Bertz CT molecular complexity index is 590. The number of rotatable bonds is 6. The minimum atomic E-state index is 0.176. The van der Waals surface area contributed by atoms with E-state index in [4.69, 9.17) is 10.5 Å². The summed E-state index contributed by atoms with van der Waals surface area (Å²) >= 11 is 3.58. The van der Waals surface area contributed by atoms with Gasteiger partial charge in [-0.15, -0.1) is 0 Å². The zero-order valence-electron chi connectivity index (χ0n) is 12.8. The summed E-state index contributed by atoms with van der Waals surface area (Å²) < 4.78 is 8.85. The fourth-order valence-electron chi connectivity index (χ4n) is 2.25. The Morgan fingerprint density at radius 1 is 1.33 bits per heavy atom. The molecule has 0 aliphatic rings. The predicted molar refractivity (Wildman–Crippen MR) is 88.5 cm³/mol. The molecule has 1 atom stereocenters. The Kier molecular flexibility index (Phi) is 5.42. The molecule has 2 rings (SSSR count). The van der Waals surface area contributed by atoms with Crippen molar-refractivity contribution in [3.8, 4) is 5.75 Å². The molecule has 0 saturated heterocycles. The molecule has 21 heavy (non-hydrogen) atoms. The van der Waals surface area contributed by atoms with Gasteiger partial charge in [-0.05, 0) is 60.8 Å². The predicted octanol–water partition coefficient (Wildman–Crippen LogP) is 3.44. The van der Waals surface area contributed by atoms with Gasteiger partial charge in [0.25, 0.3) is 0 Å². The first-order valence-corrected chi connectivity index (χ1v) is 7.99. The highest BCUT2D eigenvalue weighted by Crippen LogP contribution is 2.23. The third-order valence-electron chi connectivity index (χ3n) is 3.31. The van der Waals surface area contributed by atoms with Crippen LogP contribution in [-0.2, 0) is 19.6 Å². The molecule has 4 nitrogen and oxygen atoms in total. The maximum Gasteiger partial charge on any atom is 0.131 e. The van der Waals surface area contributed by atoms with Crippen molar-refractivity contribution >= 4 is 15.9 Å². The van der Waals surface area contributed by atoms with E-state index in [1.807, 2.05) is 30.7 Å². The van der Waals surface area contributed by atoms with Crippen LogP contribution in [0.3, 0.4) is 0 Å². The Hall–Kier alpha value is -1.33. The number of ether oxygens (including phenoxy) is 1. The van der Waals surface area contributed by atoms with E-state index in [2.05, 4.69) is 40.1 Å². The van der Waals surface area contributed by atoms with Crippen LogP contribution >= 0.6 is 15.9 Å². The number of halogens is 1. The largest absolute Gasteiger partial charge is 0.487 e. The minimum absolute atomic E-state index is 0.176. The van der Waals surface area contributed by atoms with Crippen LogP contribution in [0.1, 0.15) is 30.8 Å². The quantitative estimate of drug-likeness (QED) is 0.867. The molecule has 2 aromatic rings. The summed E-state index contributed by atoms with van der Waals surface area (Å²) in [6.45, 7) is 7.41. The van der Waals surface area contributed by atoms with Crippen LogP contribution in [0, 0.1) is 6.92 Å². The summed E-state index contributed by atoms with van der Waals surface area (Å²) in [6.07, 6.45) is 0.883. The van der Waals surface area contributed by atoms with Crippen LogP contribution in [0.2, 0.25) is 0 Å². The number of benzene rings is 1. The minimum Gasteiger partial charge on any atom is -0.487 e. The number of hydrogen-bond donors (Lipinski definition) is 1. The number of aryl methyl sites for hydroxylation is 2. The van der Waals surface area contributed by atoms with Gasteiger partial charge in [0.15, 0.2) is 0 Å². The van der Waals surface area contributed by atoms with Crippen molar-refractivity contribution in [2.45, 2.75) is 46.4 Å². The zero-order chi connectivity index (χ0) is 15.4. The van der Waals surface area contributed by atoms with Crippen LogP contribution in [-0.4, -0.2) is 15.8 Å². The van der Waals surface area contributed by atoms with Gasteiger partial charge >= 0.3 is 0 Å². The lowest BCUT2D eigenvalue weighted by Gasteiger charge is -2.10. The van der Waals surface area contributed by atoms with Gasteiger partial charge < -0.3 is 10.5 Å². The number of nitrogens with zero attached hydrogens (tertiary/aromatic N) is 2. The zero-order valence-corrected chi connectivity index (χ0v) is 14.4. The molecular formula is C16H22BrN3O. The molecule has 0 spiro atoms. The first-order valence-electron chi connectivity index (χ1n) is 7.20. The summed E-state index contributed by atoms with van der Waals surface area (Å²) in [7, 11) is 0. The Morgan fingerprint density at radius 2 is 2.00 bits per heavy atom. The number of hydrogen-bond acceptors (Lipinski definition) is 3. The van der Waals surface area contributed by atoms with Crippen LogP contribution in [0.4, 0.5) is 0 Å². The topological polar surface area (TPSA) is 53.1 Å². The van der Waals surface area contributed by atoms with E-state index in [1.54, 1.807) is 0 Å².